The molecule has 1 heterocycles. The minimum Gasteiger partial charge on any atom is -0.231 e. The monoisotopic (exact) mass is 400 g/mol. The van der Waals surface area contributed by atoms with E-state index in [9.17, 15) is 0 Å². The lowest BCUT2D eigenvalue weighted by Gasteiger charge is -2.20. The van der Waals surface area contributed by atoms with Crippen molar-refractivity contribution < 1.29 is 0 Å². The lowest BCUT2D eigenvalue weighted by molar-refractivity contribution is 1.70. The molecule has 96 valence electrons. The number of halogens is 5. The third-order valence-corrected chi connectivity index (χ3v) is 16.1. The summed E-state index contributed by atoms with van der Waals surface area (Å²) in [5, 5.41) is 0. The Bertz CT molecular complexity index is 502. The summed E-state index contributed by atoms with van der Waals surface area (Å²) >= 11 is 29.9. The van der Waals surface area contributed by atoms with Gasteiger partial charge in [0.1, 0.15) is 0 Å². The Morgan fingerprint density at radius 3 is 1.62 bits per heavy atom. The summed E-state index contributed by atoms with van der Waals surface area (Å²) in [6.45, 7) is 3.06. The van der Waals surface area contributed by atoms with E-state index in [1.165, 1.54) is 0 Å². The van der Waals surface area contributed by atoms with E-state index < -0.39 is 25.6 Å². The van der Waals surface area contributed by atoms with Gasteiger partial charge in [0, 0.05) is 0 Å². The molecule has 13 heteroatoms. The normalized spacial score (nSPS) is 32.0. The maximum absolute atomic E-state index is 6.23. The van der Waals surface area contributed by atoms with Crippen molar-refractivity contribution in [2.75, 3.05) is 20.0 Å². The van der Waals surface area contributed by atoms with Gasteiger partial charge in [-0.15, -0.1) is 0 Å². The molecule has 1 aliphatic heterocycles. The third kappa shape index (κ3) is 5.56. The Morgan fingerprint density at radius 2 is 1.25 bits per heavy atom. The quantitative estimate of drug-likeness (QED) is 0.398. The van der Waals surface area contributed by atoms with Gasteiger partial charge in [0.05, 0.1) is 0 Å². The molecule has 0 aliphatic carbocycles. The zero-order valence-corrected chi connectivity index (χ0v) is 15.8. The van der Waals surface area contributed by atoms with Gasteiger partial charge >= 0.3 is 0 Å². The molecule has 0 aromatic rings. The van der Waals surface area contributed by atoms with Crippen LogP contribution in [-0.2, 0) is 0 Å². The smallest absolute Gasteiger partial charge is 0.231 e. The number of hydrogen-bond acceptors (Lipinski definition) is 4. The van der Waals surface area contributed by atoms with Gasteiger partial charge < -0.3 is 0 Å². The van der Waals surface area contributed by atoms with E-state index >= 15 is 0 Å². The van der Waals surface area contributed by atoms with E-state index in [-0.39, 0.29) is 0 Å². The first kappa shape index (κ1) is 16.4. The average Bonchev–Trinajstić information content (AvgIpc) is 1.66. The highest BCUT2D eigenvalue weighted by molar-refractivity contribution is 8.22. The van der Waals surface area contributed by atoms with Crippen LogP contribution in [0.5, 0.6) is 0 Å². The van der Waals surface area contributed by atoms with Crippen molar-refractivity contribution in [2.45, 2.75) is 0 Å². The Balaban J connectivity index is 3.57. The Morgan fingerprint density at radius 1 is 0.812 bits per heavy atom. The topological polar surface area (TPSA) is 49.4 Å². The van der Waals surface area contributed by atoms with E-state index in [4.69, 9.17) is 56.2 Å². The molecule has 1 aliphatic rings. The van der Waals surface area contributed by atoms with Crippen LogP contribution in [0.15, 0.2) is 18.1 Å². The first-order valence-electron chi connectivity index (χ1n) is 3.79. The SMILES string of the molecule is CP(C)(C)=NP1(Cl)=NP(Cl)(Cl)=NP(Cl)(Cl)=N1. The summed E-state index contributed by atoms with van der Waals surface area (Å²) in [5.41, 5.74) is 0. The standard InChI is InChI=1S/C3H9Cl5N4P4/c1-13(2,3)9-16(8)11-14(4,5)10-15(6,7)12-16/h1-3H3. The van der Waals surface area contributed by atoms with Gasteiger partial charge in [0.25, 0.3) is 18.5 Å². The van der Waals surface area contributed by atoms with Crippen LogP contribution >= 0.6 is 81.8 Å². The number of hydrogen-bond donors (Lipinski definition) is 0. The maximum Gasteiger partial charge on any atom is 0.281 e. The second-order valence-electron chi connectivity index (χ2n) is 3.71. The molecular formula is C3H9Cl5N4P4. The fourth-order valence-electron chi connectivity index (χ4n) is 0.834. The zero-order chi connectivity index (χ0) is 12.8. The lowest BCUT2D eigenvalue weighted by atomic mass is 11.9. The summed E-state index contributed by atoms with van der Waals surface area (Å²) in [4.78, 5) is 0. The van der Waals surface area contributed by atoms with Crippen LogP contribution in [0.2, 0.25) is 0 Å². The highest BCUT2D eigenvalue weighted by Crippen LogP contribution is 2.87. The Labute approximate surface area is 119 Å². The Hall–Kier alpha value is 2.37. The van der Waals surface area contributed by atoms with Crippen molar-refractivity contribution >= 4 is 81.8 Å². The van der Waals surface area contributed by atoms with Crippen LogP contribution < -0.4 is 0 Å². The second-order valence-corrected chi connectivity index (χ2v) is 21.3. The molecule has 0 saturated heterocycles. The van der Waals surface area contributed by atoms with Crippen molar-refractivity contribution in [1.29, 1.82) is 0 Å². The molecule has 0 saturated carbocycles. The summed E-state index contributed by atoms with van der Waals surface area (Å²) < 4.78 is 16.3. The molecule has 0 radical (unpaired) electrons. The van der Waals surface area contributed by atoms with Gasteiger partial charge in [0.2, 0.25) is 0 Å². The summed E-state index contributed by atoms with van der Waals surface area (Å²) in [5.74, 6) is -5.88. The molecule has 0 bridgehead atoms. The van der Waals surface area contributed by atoms with Gasteiger partial charge in [-0.2, -0.15) is 13.5 Å². The van der Waals surface area contributed by atoms with Crippen molar-refractivity contribution in [3.05, 3.63) is 0 Å². The first-order valence-corrected chi connectivity index (χ1v) is 16.4. The van der Waals surface area contributed by atoms with E-state index in [0.29, 0.717) is 0 Å². The average molecular weight is 402 g/mol. The van der Waals surface area contributed by atoms with Gasteiger partial charge in [0.15, 0.2) is 0 Å². The molecule has 0 amide bonds. The molecular weight excluding hydrogens is 393 g/mol. The number of nitrogens with zero attached hydrogens (tertiary/aromatic N) is 4. The largest absolute Gasteiger partial charge is 0.281 e. The maximum atomic E-state index is 6.23. The van der Waals surface area contributed by atoms with Gasteiger partial charge in [-0.05, 0) is 83.3 Å². The first-order chi connectivity index (χ1) is 6.83. The molecule has 1 rings (SSSR count). The molecule has 0 fully saturated rings. The van der Waals surface area contributed by atoms with E-state index in [2.05, 4.69) is 18.1 Å². The van der Waals surface area contributed by atoms with Crippen molar-refractivity contribution in [3.63, 3.8) is 0 Å². The summed E-state index contributed by atoms with van der Waals surface area (Å²) in [6.07, 6.45) is 0. The van der Waals surface area contributed by atoms with Crippen LogP contribution in [0.4, 0.5) is 0 Å². The molecule has 0 N–H and O–H groups in total. The predicted octanol–water partition coefficient (Wildman–Crippen LogP) is 8.12. The third-order valence-electron chi connectivity index (χ3n) is 1.04. The Kier molecular flexibility index (Phi) is 5.18. The van der Waals surface area contributed by atoms with Crippen LogP contribution in [-0.4, -0.2) is 20.0 Å². The fraction of sp³-hybridized carbons (Fsp3) is 1.00. The lowest BCUT2D eigenvalue weighted by Crippen LogP contribution is -1.72. The number of rotatable bonds is 1. The van der Waals surface area contributed by atoms with Crippen molar-refractivity contribution in [3.8, 4) is 0 Å². The summed E-state index contributed by atoms with van der Waals surface area (Å²) in [6, 6.07) is 0. The zero-order valence-electron chi connectivity index (χ0n) is 8.47. The highest BCUT2D eigenvalue weighted by Gasteiger charge is 2.32. The molecule has 0 aromatic carbocycles. The van der Waals surface area contributed by atoms with Crippen molar-refractivity contribution in [2.24, 2.45) is 18.1 Å². The molecule has 4 nitrogen and oxygen atoms in total. The molecule has 0 aromatic heterocycles. The molecule has 1 unspecified atom stereocenters. The van der Waals surface area contributed by atoms with Crippen molar-refractivity contribution in [1.82, 2.24) is 0 Å². The highest BCUT2D eigenvalue weighted by atomic mass is 35.9. The fourth-order valence-corrected chi connectivity index (χ4v) is 22.1. The van der Waals surface area contributed by atoms with Crippen LogP contribution in [0.25, 0.3) is 0 Å². The van der Waals surface area contributed by atoms with Crippen LogP contribution in [0, 0.1) is 0 Å². The molecule has 1 atom stereocenters. The summed E-state index contributed by atoms with van der Waals surface area (Å²) in [7, 11) is -1.55. The van der Waals surface area contributed by atoms with Crippen LogP contribution in [0.1, 0.15) is 0 Å². The van der Waals surface area contributed by atoms with Crippen LogP contribution in [0.3, 0.4) is 0 Å². The predicted molar refractivity (Wildman–Crippen MR) is 84.4 cm³/mol. The second kappa shape index (κ2) is 5.05. The van der Waals surface area contributed by atoms with E-state index in [1.54, 1.807) is 0 Å². The molecule has 0 spiro atoms. The minimum atomic E-state index is -2.94. The van der Waals surface area contributed by atoms with Gasteiger partial charge in [-0.3, -0.25) is 0 Å². The van der Waals surface area contributed by atoms with Gasteiger partial charge in [-0.1, -0.05) is 0 Å². The van der Waals surface area contributed by atoms with Gasteiger partial charge in [-0.25, -0.2) is 4.52 Å². The van der Waals surface area contributed by atoms with E-state index in [1.807, 2.05) is 20.0 Å². The molecule has 16 heavy (non-hydrogen) atoms. The van der Waals surface area contributed by atoms with E-state index in [0.717, 1.165) is 0 Å². The minimum absolute atomic E-state index is 1.55.